The number of likely N-dealkylation sites (tertiary alicyclic amines) is 1. The summed E-state index contributed by atoms with van der Waals surface area (Å²) in [6.45, 7) is 3.41. The van der Waals surface area contributed by atoms with Crippen LogP contribution in [0.15, 0.2) is 48.5 Å². The van der Waals surface area contributed by atoms with Gasteiger partial charge in [-0.25, -0.2) is 0 Å². The lowest BCUT2D eigenvalue weighted by Crippen LogP contribution is -2.32. The zero-order valence-electron chi connectivity index (χ0n) is 14.2. The predicted molar refractivity (Wildman–Crippen MR) is 98.0 cm³/mol. The molecule has 25 heavy (non-hydrogen) atoms. The Balaban J connectivity index is 1.56. The van der Waals surface area contributed by atoms with E-state index in [0.29, 0.717) is 24.7 Å². The van der Waals surface area contributed by atoms with Crippen LogP contribution in [0.4, 0.5) is 0 Å². The van der Waals surface area contributed by atoms with Crippen molar-refractivity contribution in [2.75, 3.05) is 6.54 Å². The van der Waals surface area contributed by atoms with Gasteiger partial charge in [0, 0.05) is 31.1 Å². The van der Waals surface area contributed by atoms with Crippen molar-refractivity contribution >= 4 is 23.4 Å². The standard InChI is InChI=1S/C20H21ClN2O2/c1-14-5-4-6-15(9-14)12-23-13-17(10-19(23)24)20(25)22-11-16-7-2-3-8-18(16)21/h2-9,17H,10-13H2,1H3,(H,22,25). The normalized spacial score (nSPS) is 17.0. The molecule has 1 saturated heterocycles. The Labute approximate surface area is 152 Å². The number of nitrogens with one attached hydrogen (secondary N) is 1. The average molecular weight is 357 g/mol. The van der Waals surface area contributed by atoms with Gasteiger partial charge in [-0.1, -0.05) is 59.6 Å². The number of hydrogen-bond donors (Lipinski definition) is 1. The van der Waals surface area contributed by atoms with Crippen LogP contribution in [0.1, 0.15) is 23.1 Å². The van der Waals surface area contributed by atoms with Crippen molar-refractivity contribution in [3.8, 4) is 0 Å². The second-order valence-electron chi connectivity index (χ2n) is 6.47. The van der Waals surface area contributed by atoms with Crippen molar-refractivity contribution < 1.29 is 9.59 Å². The van der Waals surface area contributed by atoms with Crippen molar-refractivity contribution in [3.63, 3.8) is 0 Å². The fraction of sp³-hybridized carbons (Fsp3) is 0.300. The molecule has 2 amide bonds. The molecule has 1 heterocycles. The van der Waals surface area contributed by atoms with E-state index in [4.69, 9.17) is 11.6 Å². The molecule has 1 unspecified atom stereocenters. The average Bonchev–Trinajstić information content (AvgIpc) is 2.95. The van der Waals surface area contributed by atoms with Gasteiger partial charge in [-0.15, -0.1) is 0 Å². The van der Waals surface area contributed by atoms with Crippen LogP contribution in [0.3, 0.4) is 0 Å². The molecule has 1 aliphatic heterocycles. The van der Waals surface area contributed by atoms with Crippen LogP contribution in [-0.2, 0) is 22.7 Å². The summed E-state index contributed by atoms with van der Waals surface area (Å²) in [7, 11) is 0. The van der Waals surface area contributed by atoms with Crippen LogP contribution in [0.25, 0.3) is 0 Å². The molecule has 0 aliphatic carbocycles. The van der Waals surface area contributed by atoms with Crippen molar-refractivity contribution in [2.45, 2.75) is 26.4 Å². The van der Waals surface area contributed by atoms with Gasteiger partial charge in [0.2, 0.25) is 11.8 Å². The molecule has 1 aliphatic rings. The molecule has 0 spiro atoms. The van der Waals surface area contributed by atoms with Crippen LogP contribution in [-0.4, -0.2) is 23.3 Å². The summed E-state index contributed by atoms with van der Waals surface area (Å²) in [4.78, 5) is 26.4. The Morgan fingerprint density at radius 3 is 2.80 bits per heavy atom. The minimum atomic E-state index is -0.306. The number of aryl methyl sites for hydroxylation is 1. The van der Waals surface area contributed by atoms with E-state index in [1.807, 2.05) is 43.3 Å². The molecule has 0 bridgehead atoms. The van der Waals surface area contributed by atoms with E-state index < -0.39 is 0 Å². The molecule has 1 fully saturated rings. The molecule has 1 N–H and O–H groups in total. The van der Waals surface area contributed by atoms with Gasteiger partial charge >= 0.3 is 0 Å². The molecular weight excluding hydrogens is 336 g/mol. The lowest BCUT2D eigenvalue weighted by atomic mass is 10.1. The largest absolute Gasteiger partial charge is 0.352 e. The van der Waals surface area contributed by atoms with Gasteiger partial charge in [0.25, 0.3) is 0 Å². The van der Waals surface area contributed by atoms with Gasteiger partial charge in [0.05, 0.1) is 5.92 Å². The van der Waals surface area contributed by atoms with Crippen molar-refractivity contribution in [2.24, 2.45) is 5.92 Å². The number of nitrogens with zero attached hydrogens (tertiary/aromatic N) is 1. The second kappa shape index (κ2) is 7.70. The summed E-state index contributed by atoms with van der Waals surface area (Å²) in [5.74, 6) is -0.376. The zero-order valence-corrected chi connectivity index (χ0v) is 14.9. The fourth-order valence-electron chi connectivity index (χ4n) is 3.10. The van der Waals surface area contributed by atoms with Gasteiger partial charge in [0.15, 0.2) is 0 Å². The van der Waals surface area contributed by atoms with Gasteiger partial charge in [-0.3, -0.25) is 9.59 Å². The van der Waals surface area contributed by atoms with Gasteiger partial charge < -0.3 is 10.2 Å². The van der Waals surface area contributed by atoms with Crippen molar-refractivity contribution in [1.29, 1.82) is 0 Å². The molecule has 1 atom stereocenters. The van der Waals surface area contributed by atoms with E-state index >= 15 is 0 Å². The predicted octanol–water partition coefficient (Wildman–Crippen LogP) is 3.31. The highest BCUT2D eigenvalue weighted by Crippen LogP contribution is 2.21. The minimum Gasteiger partial charge on any atom is -0.352 e. The lowest BCUT2D eigenvalue weighted by Gasteiger charge is -2.17. The van der Waals surface area contributed by atoms with E-state index in [9.17, 15) is 9.59 Å². The number of benzene rings is 2. The maximum absolute atomic E-state index is 12.4. The monoisotopic (exact) mass is 356 g/mol. The third-order valence-electron chi connectivity index (χ3n) is 4.45. The van der Waals surface area contributed by atoms with Gasteiger partial charge in [-0.2, -0.15) is 0 Å². The number of carbonyl (C=O) groups excluding carboxylic acids is 2. The summed E-state index contributed by atoms with van der Waals surface area (Å²) in [5.41, 5.74) is 3.13. The molecule has 0 saturated carbocycles. The second-order valence-corrected chi connectivity index (χ2v) is 6.88. The first-order chi connectivity index (χ1) is 12.0. The van der Waals surface area contributed by atoms with Crippen molar-refractivity contribution in [3.05, 3.63) is 70.2 Å². The molecule has 130 valence electrons. The van der Waals surface area contributed by atoms with Gasteiger partial charge in [-0.05, 0) is 24.1 Å². The first-order valence-corrected chi connectivity index (χ1v) is 8.75. The summed E-state index contributed by atoms with van der Waals surface area (Å²) in [5, 5.41) is 3.52. The van der Waals surface area contributed by atoms with Crippen LogP contribution in [0, 0.1) is 12.8 Å². The topological polar surface area (TPSA) is 49.4 Å². The Bertz CT molecular complexity index is 791. The van der Waals surface area contributed by atoms with Crippen LogP contribution in [0.5, 0.6) is 0 Å². The molecular formula is C20H21ClN2O2. The van der Waals surface area contributed by atoms with Crippen LogP contribution in [0.2, 0.25) is 5.02 Å². The van der Waals surface area contributed by atoms with Crippen LogP contribution < -0.4 is 5.32 Å². The zero-order chi connectivity index (χ0) is 17.8. The Kier molecular flexibility index (Phi) is 5.39. The Hall–Kier alpha value is -2.33. The summed E-state index contributed by atoms with van der Waals surface area (Å²) < 4.78 is 0. The molecule has 3 rings (SSSR count). The fourth-order valence-corrected chi connectivity index (χ4v) is 3.30. The highest BCUT2D eigenvalue weighted by Gasteiger charge is 2.34. The van der Waals surface area contributed by atoms with E-state index in [1.54, 1.807) is 11.0 Å². The smallest absolute Gasteiger partial charge is 0.225 e. The number of rotatable bonds is 5. The maximum atomic E-state index is 12.4. The quantitative estimate of drug-likeness (QED) is 0.893. The first kappa shape index (κ1) is 17.5. The lowest BCUT2D eigenvalue weighted by molar-refractivity contribution is -0.129. The Morgan fingerprint density at radius 2 is 2.04 bits per heavy atom. The summed E-state index contributed by atoms with van der Waals surface area (Å²) in [6, 6.07) is 15.5. The highest BCUT2D eigenvalue weighted by atomic mass is 35.5. The molecule has 2 aromatic carbocycles. The van der Waals surface area contributed by atoms with E-state index in [0.717, 1.165) is 16.7 Å². The molecule has 5 heteroatoms. The number of halogens is 1. The Morgan fingerprint density at radius 1 is 1.24 bits per heavy atom. The number of carbonyl (C=O) groups is 2. The third-order valence-corrected chi connectivity index (χ3v) is 4.82. The summed E-state index contributed by atoms with van der Waals surface area (Å²) >= 11 is 6.10. The molecule has 4 nitrogen and oxygen atoms in total. The first-order valence-electron chi connectivity index (χ1n) is 8.37. The van der Waals surface area contributed by atoms with E-state index in [2.05, 4.69) is 11.4 Å². The van der Waals surface area contributed by atoms with E-state index in [-0.39, 0.29) is 24.2 Å². The molecule has 2 aromatic rings. The third kappa shape index (κ3) is 4.40. The van der Waals surface area contributed by atoms with Crippen molar-refractivity contribution in [1.82, 2.24) is 10.2 Å². The maximum Gasteiger partial charge on any atom is 0.225 e. The summed E-state index contributed by atoms with van der Waals surface area (Å²) in [6.07, 6.45) is 0.264. The van der Waals surface area contributed by atoms with Crippen LogP contribution >= 0.6 is 11.6 Å². The number of hydrogen-bond acceptors (Lipinski definition) is 2. The molecule has 0 radical (unpaired) electrons. The minimum absolute atomic E-state index is 0.0272. The number of amides is 2. The van der Waals surface area contributed by atoms with Gasteiger partial charge in [0.1, 0.15) is 0 Å². The van der Waals surface area contributed by atoms with E-state index in [1.165, 1.54) is 0 Å². The highest BCUT2D eigenvalue weighted by molar-refractivity contribution is 6.31. The SMILES string of the molecule is Cc1cccc(CN2CC(C(=O)NCc3ccccc3Cl)CC2=O)c1. The molecule has 0 aromatic heterocycles.